The molecule has 1 N–H and O–H groups in total. The summed E-state index contributed by atoms with van der Waals surface area (Å²) < 4.78 is 3.82. The second kappa shape index (κ2) is 5.24. The van der Waals surface area contributed by atoms with Gasteiger partial charge >= 0.3 is 0 Å². The Morgan fingerprint density at radius 1 is 1.04 bits per heavy atom. The lowest BCUT2D eigenvalue weighted by Crippen LogP contribution is -1.96. The number of benzene rings is 1. The summed E-state index contributed by atoms with van der Waals surface area (Å²) in [4.78, 5) is 8.80. The second-order valence-corrected chi connectivity index (χ2v) is 7.33. The van der Waals surface area contributed by atoms with Crippen molar-refractivity contribution >= 4 is 32.8 Å². The number of para-hydroxylation sites is 1. The van der Waals surface area contributed by atoms with Crippen molar-refractivity contribution in [2.45, 2.75) is 6.92 Å². The molecule has 0 aliphatic rings. The molecular formula is C19H13N7S. The molecule has 0 atom stereocenters. The van der Waals surface area contributed by atoms with E-state index in [4.69, 9.17) is 5.10 Å². The standard InChI is InChI=1S/C19H13N7S/c1-11-16(25-9-5-4-8-15(25)20-11)17-22-23-19-26(17)24-18(27-19)14-10-12-6-2-3-7-13(12)21-14/h2-10,21H,1H3. The number of nitrogens with one attached hydrogen (secondary N) is 1. The predicted octanol–water partition coefficient (Wildman–Crippen LogP) is 3.96. The fourth-order valence-corrected chi connectivity index (χ4v) is 4.26. The molecule has 0 aliphatic heterocycles. The highest BCUT2D eigenvalue weighted by Crippen LogP contribution is 2.30. The summed E-state index contributed by atoms with van der Waals surface area (Å²) in [5.74, 6) is 0.694. The molecule has 1 aromatic carbocycles. The first-order chi connectivity index (χ1) is 13.3. The zero-order valence-corrected chi connectivity index (χ0v) is 15.1. The number of aromatic nitrogens is 7. The van der Waals surface area contributed by atoms with Gasteiger partial charge in [-0.1, -0.05) is 35.6 Å². The van der Waals surface area contributed by atoms with Crippen molar-refractivity contribution in [3.63, 3.8) is 0 Å². The Hall–Kier alpha value is -3.52. The van der Waals surface area contributed by atoms with Crippen LogP contribution in [0.25, 0.3) is 43.7 Å². The van der Waals surface area contributed by atoms with Crippen LogP contribution in [-0.4, -0.2) is 34.2 Å². The molecule has 8 heteroatoms. The molecule has 0 unspecified atom stereocenters. The van der Waals surface area contributed by atoms with Crippen LogP contribution in [-0.2, 0) is 0 Å². The average Bonchev–Trinajstić information content (AvgIpc) is 3.41. The Labute approximate surface area is 156 Å². The first kappa shape index (κ1) is 14.6. The molecule has 0 amide bonds. The minimum Gasteiger partial charge on any atom is -0.353 e. The van der Waals surface area contributed by atoms with Crippen LogP contribution in [0.3, 0.4) is 0 Å². The van der Waals surface area contributed by atoms with Gasteiger partial charge in [-0.2, -0.15) is 9.61 Å². The molecule has 0 fully saturated rings. The smallest absolute Gasteiger partial charge is 0.235 e. The lowest BCUT2D eigenvalue weighted by atomic mass is 10.2. The molecule has 7 nitrogen and oxygen atoms in total. The zero-order chi connectivity index (χ0) is 18.0. The van der Waals surface area contributed by atoms with E-state index < -0.39 is 0 Å². The summed E-state index contributed by atoms with van der Waals surface area (Å²) >= 11 is 1.51. The molecule has 5 heterocycles. The van der Waals surface area contributed by atoms with Gasteiger partial charge in [0.1, 0.15) is 11.3 Å². The molecule has 0 radical (unpaired) electrons. The maximum absolute atomic E-state index is 4.78. The Kier molecular flexibility index (Phi) is 2.84. The van der Waals surface area contributed by atoms with E-state index in [-0.39, 0.29) is 0 Å². The van der Waals surface area contributed by atoms with Crippen molar-refractivity contribution in [1.82, 2.24) is 34.2 Å². The Balaban J connectivity index is 1.56. The molecule has 5 aromatic heterocycles. The molecule has 0 aliphatic carbocycles. The molecule has 6 aromatic rings. The van der Waals surface area contributed by atoms with E-state index in [0.717, 1.165) is 43.6 Å². The van der Waals surface area contributed by atoms with Gasteiger partial charge < -0.3 is 4.98 Å². The van der Waals surface area contributed by atoms with Crippen molar-refractivity contribution in [1.29, 1.82) is 0 Å². The first-order valence-corrected chi connectivity index (χ1v) is 9.34. The van der Waals surface area contributed by atoms with Gasteiger partial charge in [0.25, 0.3) is 0 Å². The number of pyridine rings is 1. The highest BCUT2D eigenvalue weighted by Gasteiger charge is 2.20. The van der Waals surface area contributed by atoms with Crippen molar-refractivity contribution in [2.24, 2.45) is 0 Å². The van der Waals surface area contributed by atoms with Crippen LogP contribution in [0.4, 0.5) is 0 Å². The van der Waals surface area contributed by atoms with Crippen LogP contribution in [0.2, 0.25) is 0 Å². The lowest BCUT2D eigenvalue weighted by molar-refractivity contribution is 0.952. The third-order valence-electron chi connectivity index (χ3n) is 4.67. The normalized spacial score (nSPS) is 11.9. The first-order valence-electron chi connectivity index (χ1n) is 8.52. The second-order valence-electron chi connectivity index (χ2n) is 6.37. The summed E-state index contributed by atoms with van der Waals surface area (Å²) in [5, 5.41) is 15.5. The van der Waals surface area contributed by atoms with Gasteiger partial charge in [0.05, 0.1) is 11.4 Å². The monoisotopic (exact) mass is 371 g/mol. The fourth-order valence-electron chi connectivity index (χ4n) is 3.44. The van der Waals surface area contributed by atoms with Gasteiger partial charge in [-0.25, -0.2) is 4.98 Å². The molecule has 0 spiro atoms. The molecule has 130 valence electrons. The highest BCUT2D eigenvalue weighted by molar-refractivity contribution is 7.19. The maximum atomic E-state index is 4.78. The maximum Gasteiger partial charge on any atom is 0.235 e. The molecule has 0 saturated carbocycles. The molecule has 6 rings (SSSR count). The van der Waals surface area contributed by atoms with Gasteiger partial charge in [0.2, 0.25) is 10.8 Å². The molecule has 0 bridgehead atoms. The van der Waals surface area contributed by atoms with Crippen molar-refractivity contribution in [3.8, 4) is 22.2 Å². The summed E-state index contributed by atoms with van der Waals surface area (Å²) in [5.41, 5.74) is 4.76. The van der Waals surface area contributed by atoms with Gasteiger partial charge in [0, 0.05) is 17.1 Å². The average molecular weight is 371 g/mol. The molecule has 0 saturated heterocycles. The lowest BCUT2D eigenvalue weighted by Gasteiger charge is -1.99. The van der Waals surface area contributed by atoms with E-state index in [1.165, 1.54) is 11.3 Å². The topological polar surface area (TPSA) is 76.2 Å². The third kappa shape index (κ3) is 2.07. The third-order valence-corrected chi connectivity index (χ3v) is 5.60. The number of imidazole rings is 1. The van der Waals surface area contributed by atoms with Crippen LogP contribution in [0, 0.1) is 6.92 Å². The molecular weight excluding hydrogens is 358 g/mol. The summed E-state index contributed by atoms with van der Waals surface area (Å²) in [6.45, 7) is 1.98. The van der Waals surface area contributed by atoms with Crippen LogP contribution in [0.5, 0.6) is 0 Å². The minimum absolute atomic E-state index is 0.694. The Bertz CT molecular complexity index is 1420. The number of aromatic amines is 1. The van der Waals surface area contributed by atoms with Gasteiger partial charge in [-0.15, -0.1) is 10.2 Å². The van der Waals surface area contributed by atoms with Gasteiger partial charge in [-0.05, 0) is 31.2 Å². The minimum atomic E-state index is 0.694. The SMILES string of the molecule is Cc1nc2ccccn2c1-c1nnc2sc(-c3cc4ccccc4[nH]3)nn12. The van der Waals surface area contributed by atoms with Crippen LogP contribution < -0.4 is 0 Å². The summed E-state index contributed by atoms with van der Waals surface area (Å²) in [6.07, 6.45) is 1.98. The van der Waals surface area contributed by atoms with Crippen LogP contribution in [0.1, 0.15) is 5.69 Å². The van der Waals surface area contributed by atoms with E-state index in [9.17, 15) is 0 Å². The van der Waals surface area contributed by atoms with Crippen LogP contribution >= 0.6 is 11.3 Å². The highest BCUT2D eigenvalue weighted by atomic mass is 32.1. The van der Waals surface area contributed by atoms with E-state index in [1.54, 1.807) is 4.52 Å². The zero-order valence-electron chi connectivity index (χ0n) is 14.3. The van der Waals surface area contributed by atoms with E-state index >= 15 is 0 Å². The van der Waals surface area contributed by atoms with Crippen molar-refractivity contribution in [2.75, 3.05) is 0 Å². The molecule has 27 heavy (non-hydrogen) atoms. The number of nitrogens with zero attached hydrogens (tertiary/aromatic N) is 6. The quantitative estimate of drug-likeness (QED) is 0.500. The van der Waals surface area contributed by atoms with E-state index in [0.29, 0.717) is 5.82 Å². The van der Waals surface area contributed by atoms with Crippen molar-refractivity contribution in [3.05, 3.63) is 60.4 Å². The number of fused-ring (bicyclic) bond motifs is 3. The number of H-pyrrole nitrogens is 1. The summed E-state index contributed by atoms with van der Waals surface area (Å²) in [7, 11) is 0. The Morgan fingerprint density at radius 2 is 1.93 bits per heavy atom. The fraction of sp³-hybridized carbons (Fsp3) is 0.0526. The van der Waals surface area contributed by atoms with E-state index in [1.807, 2.05) is 47.9 Å². The van der Waals surface area contributed by atoms with Crippen LogP contribution in [0.15, 0.2) is 54.7 Å². The predicted molar refractivity (Wildman–Crippen MR) is 105 cm³/mol. The number of hydrogen-bond acceptors (Lipinski definition) is 5. The number of hydrogen-bond donors (Lipinski definition) is 1. The largest absolute Gasteiger partial charge is 0.353 e. The Morgan fingerprint density at radius 3 is 2.85 bits per heavy atom. The van der Waals surface area contributed by atoms with Gasteiger partial charge in [-0.3, -0.25) is 4.40 Å². The van der Waals surface area contributed by atoms with E-state index in [2.05, 4.69) is 38.4 Å². The van der Waals surface area contributed by atoms with Gasteiger partial charge in [0.15, 0.2) is 5.01 Å². The van der Waals surface area contributed by atoms with Crippen molar-refractivity contribution < 1.29 is 0 Å². The number of aryl methyl sites for hydroxylation is 1. The number of rotatable bonds is 2. The summed E-state index contributed by atoms with van der Waals surface area (Å²) in [6, 6.07) is 16.2.